The summed E-state index contributed by atoms with van der Waals surface area (Å²) in [7, 11) is 0. The Labute approximate surface area is 76.9 Å². The van der Waals surface area contributed by atoms with Crippen molar-refractivity contribution in [2.45, 2.75) is 6.42 Å². The number of nitrogens with two attached hydrogens (primary N) is 1. The molecule has 0 aliphatic heterocycles. The van der Waals surface area contributed by atoms with Crippen LogP contribution in [0.3, 0.4) is 0 Å². The Balaban J connectivity index is 3.03. The summed E-state index contributed by atoms with van der Waals surface area (Å²) in [5, 5.41) is 11.2. The van der Waals surface area contributed by atoms with Crippen molar-refractivity contribution in [1.29, 1.82) is 0 Å². The molecule has 0 aliphatic carbocycles. The minimum absolute atomic E-state index is 0.00194. The SMILES string of the molecule is NCCC(=O)NCCSCCO. The molecule has 0 aromatic rings. The van der Waals surface area contributed by atoms with E-state index in [2.05, 4.69) is 5.32 Å². The van der Waals surface area contributed by atoms with Crippen LogP contribution in [0.25, 0.3) is 0 Å². The Hall–Kier alpha value is -0.260. The number of hydrogen-bond acceptors (Lipinski definition) is 4. The standard InChI is InChI=1S/C7H16N2O2S/c8-2-1-7(11)9-3-5-12-6-4-10/h10H,1-6,8H2,(H,9,11). The zero-order valence-electron chi connectivity index (χ0n) is 7.08. The molecule has 72 valence electrons. The summed E-state index contributed by atoms with van der Waals surface area (Å²) >= 11 is 1.62. The number of aliphatic hydroxyl groups is 1. The fraction of sp³-hybridized carbons (Fsp3) is 0.857. The van der Waals surface area contributed by atoms with E-state index in [4.69, 9.17) is 10.8 Å². The van der Waals surface area contributed by atoms with Crippen LogP contribution in [0, 0.1) is 0 Å². The summed E-state index contributed by atoms with van der Waals surface area (Å²) in [4.78, 5) is 10.8. The van der Waals surface area contributed by atoms with E-state index >= 15 is 0 Å². The third-order valence-electron chi connectivity index (χ3n) is 1.18. The molecule has 0 saturated heterocycles. The number of amides is 1. The first kappa shape index (κ1) is 11.7. The highest BCUT2D eigenvalue weighted by atomic mass is 32.2. The Morgan fingerprint density at radius 2 is 2.25 bits per heavy atom. The van der Waals surface area contributed by atoms with Gasteiger partial charge >= 0.3 is 0 Å². The van der Waals surface area contributed by atoms with Gasteiger partial charge in [0.1, 0.15) is 0 Å². The minimum atomic E-state index is 0.00194. The Morgan fingerprint density at radius 1 is 1.50 bits per heavy atom. The minimum Gasteiger partial charge on any atom is -0.396 e. The van der Waals surface area contributed by atoms with E-state index in [-0.39, 0.29) is 12.5 Å². The fourth-order valence-corrected chi connectivity index (χ4v) is 1.23. The first-order valence-corrected chi connectivity index (χ1v) is 5.12. The highest BCUT2D eigenvalue weighted by molar-refractivity contribution is 7.99. The van der Waals surface area contributed by atoms with Crippen LogP contribution >= 0.6 is 11.8 Å². The van der Waals surface area contributed by atoms with Crippen LogP contribution in [0.5, 0.6) is 0 Å². The maximum atomic E-state index is 10.8. The molecule has 0 bridgehead atoms. The average molecular weight is 192 g/mol. The lowest BCUT2D eigenvalue weighted by atomic mass is 10.4. The Bertz CT molecular complexity index is 122. The number of nitrogens with one attached hydrogen (secondary N) is 1. The number of thioether (sulfide) groups is 1. The third kappa shape index (κ3) is 7.84. The molecule has 4 nitrogen and oxygen atoms in total. The summed E-state index contributed by atoms with van der Waals surface area (Å²) < 4.78 is 0. The molecule has 0 heterocycles. The van der Waals surface area contributed by atoms with Crippen molar-refractivity contribution in [3.05, 3.63) is 0 Å². The molecule has 1 amide bonds. The van der Waals surface area contributed by atoms with Crippen molar-refractivity contribution >= 4 is 17.7 Å². The first-order chi connectivity index (χ1) is 5.81. The van der Waals surface area contributed by atoms with Crippen LogP contribution in [0.15, 0.2) is 0 Å². The van der Waals surface area contributed by atoms with E-state index in [0.29, 0.717) is 19.5 Å². The molecule has 12 heavy (non-hydrogen) atoms. The van der Waals surface area contributed by atoms with Crippen molar-refractivity contribution in [2.24, 2.45) is 5.73 Å². The van der Waals surface area contributed by atoms with Gasteiger partial charge in [-0.25, -0.2) is 0 Å². The molecule has 0 spiro atoms. The third-order valence-corrected chi connectivity index (χ3v) is 2.14. The Kier molecular flexibility index (Phi) is 8.64. The molecule has 0 saturated carbocycles. The molecule has 0 atom stereocenters. The highest BCUT2D eigenvalue weighted by Crippen LogP contribution is 1.95. The number of rotatable bonds is 7. The van der Waals surface area contributed by atoms with Crippen LogP contribution in [0.2, 0.25) is 0 Å². The molecule has 0 aliphatic rings. The van der Waals surface area contributed by atoms with Gasteiger partial charge in [0.25, 0.3) is 0 Å². The molecule has 0 aromatic carbocycles. The zero-order valence-corrected chi connectivity index (χ0v) is 7.90. The van der Waals surface area contributed by atoms with E-state index in [1.54, 1.807) is 11.8 Å². The number of hydrogen-bond donors (Lipinski definition) is 3. The number of aliphatic hydroxyl groups excluding tert-OH is 1. The van der Waals surface area contributed by atoms with Crippen molar-refractivity contribution in [2.75, 3.05) is 31.2 Å². The normalized spacial score (nSPS) is 9.83. The van der Waals surface area contributed by atoms with Gasteiger partial charge in [0.05, 0.1) is 6.61 Å². The molecule has 0 aromatic heterocycles. The predicted octanol–water partition coefficient (Wildman–Crippen LogP) is -0.823. The monoisotopic (exact) mass is 192 g/mol. The highest BCUT2D eigenvalue weighted by Gasteiger charge is 1.96. The van der Waals surface area contributed by atoms with Crippen LogP contribution in [-0.4, -0.2) is 42.2 Å². The summed E-state index contributed by atoms with van der Waals surface area (Å²) in [6.45, 7) is 1.25. The number of carbonyl (C=O) groups is 1. The molecule has 0 radical (unpaired) electrons. The maximum absolute atomic E-state index is 10.8. The Morgan fingerprint density at radius 3 is 2.83 bits per heavy atom. The van der Waals surface area contributed by atoms with Crippen molar-refractivity contribution in [1.82, 2.24) is 5.32 Å². The number of carbonyl (C=O) groups excluding carboxylic acids is 1. The second-order valence-electron chi connectivity index (χ2n) is 2.22. The second-order valence-corrected chi connectivity index (χ2v) is 3.45. The second kappa shape index (κ2) is 8.83. The van der Waals surface area contributed by atoms with Crippen molar-refractivity contribution in [3.63, 3.8) is 0 Å². The van der Waals surface area contributed by atoms with Gasteiger partial charge < -0.3 is 16.2 Å². The zero-order chi connectivity index (χ0) is 9.23. The average Bonchev–Trinajstić information content (AvgIpc) is 2.05. The quantitative estimate of drug-likeness (QED) is 0.461. The molecule has 5 heteroatoms. The van der Waals surface area contributed by atoms with Crippen LogP contribution in [-0.2, 0) is 4.79 Å². The van der Waals surface area contributed by atoms with E-state index in [9.17, 15) is 4.79 Å². The van der Waals surface area contributed by atoms with Gasteiger partial charge in [-0.3, -0.25) is 4.79 Å². The lowest BCUT2D eigenvalue weighted by Crippen LogP contribution is -2.27. The van der Waals surface area contributed by atoms with Crippen molar-refractivity contribution in [3.8, 4) is 0 Å². The van der Waals surface area contributed by atoms with Gasteiger partial charge in [-0.05, 0) is 0 Å². The van der Waals surface area contributed by atoms with E-state index in [1.807, 2.05) is 0 Å². The summed E-state index contributed by atoms with van der Waals surface area (Å²) in [5.74, 6) is 1.57. The van der Waals surface area contributed by atoms with Gasteiger partial charge in [0.15, 0.2) is 0 Å². The summed E-state index contributed by atoms with van der Waals surface area (Å²) in [5.41, 5.74) is 5.18. The molecule has 0 fully saturated rings. The summed E-state index contributed by atoms with van der Waals surface area (Å²) in [6, 6.07) is 0. The van der Waals surface area contributed by atoms with Gasteiger partial charge in [0.2, 0.25) is 5.91 Å². The van der Waals surface area contributed by atoms with Gasteiger partial charge in [-0.2, -0.15) is 11.8 Å². The molecule has 4 N–H and O–H groups in total. The van der Waals surface area contributed by atoms with Crippen molar-refractivity contribution < 1.29 is 9.90 Å². The van der Waals surface area contributed by atoms with Crippen LogP contribution < -0.4 is 11.1 Å². The smallest absolute Gasteiger partial charge is 0.221 e. The lowest BCUT2D eigenvalue weighted by Gasteiger charge is -2.02. The molecule has 0 unspecified atom stereocenters. The largest absolute Gasteiger partial charge is 0.396 e. The van der Waals surface area contributed by atoms with E-state index in [1.165, 1.54) is 0 Å². The van der Waals surface area contributed by atoms with Crippen LogP contribution in [0.4, 0.5) is 0 Å². The molecular weight excluding hydrogens is 176 g/mol. The lowest BCUT2D eigenvalue weighted by molar-refractivity contribution is -0.120. The molecule has 0 rings (SSSR count). The fourth-order valence-electron chi connectivity index (χ4n) is 0.649. The van der Waals surface area contributed by atoms with Crippen LogP contribution in [0.1, 0.15) is 6.42 Å². The maximum Gasteiger partial charge on any atom is 0.221 e. The van der Waals surface area contributed by atoms with E-state index in [0.717, 1.165) is 11.5 Å². The van der Waals surface area contributed by atoms with Gasteiger partial charge in [-0.1, -0.05) is 0 Å². The van der Waals surface area contributed by atoms with Gasteiger partial charge in [0, 0.05) is 31.0 Å². The topological polar surface area (TPSA) is 75.4 Å². The molecular formula is C7H16N2O2S. The first-order valence-electron chi connectivity index (χ1n) is 3.96. The van der Waals surface area contributed by atoms with E-state index < -0.39 is 0 Å². The summed E-state index contributed by atoms with van der Waals surface area (Å²) in [6.07, 6.45) is 0.394. The predicted molar refractivity (Wildman–Crippen MR) is 51.1 cm³/mol. The van der Waals surface area contributed by atoms with Gasteiger partial charge in [-0.15, -0.1) is 0 Å².